The first-order chi connectivity index (χ1) is 9.24. The van der Waals surface area contributed by atoms with E-state index in [1.807, 2.05) is 0 Å². The minimum atomic E-state index is -0.137. The van der Waals surface area contributed by atoms with E-state index >= 15 is 0 Å². The van der Waals surface area contributed by atoms with Crippen LogP contribution in [-0.4, -0.2) is 28.9 Å². The van der Waals surface area contributed by atoms with E-state index in [9.17, 15) is 0 Å². The van der Waals surface area contributed by atoms with Gasteiger partial charge in [-0.1, -0.05) is 5.16 Å². The molecule has 4 rings (SSSR count). The van der Waals surface area contributed by atoms with Crippen molar-refractivity contribution in [3.63, 3.8) is 0 Å². The average Bonchev–Trinajstić information content (AvgIpc) is 3.15. The summed E-state index contributed by atoms with van der Waals surface area (Å²) >= 11 is 0. The Morgan fingerprint density at radius 2 is 2.26 bits per heavy atom. The van der Waals surface area contributed by atoms with Crippen molar-refractivity contribution in [3.8, 4) is 0 Å². The highest BCUT2D eigenvalue weighted by Gasteiger charge is 2.44. The summed E-state index contributed by atoms with van der Waals surface area (Å²) in [5.41, 5.74) is -0.137. The number of nitrogens with one attached hydrogen (secondary N) is 1. The van der Waals surface area contributed by atoms with Crippen molar-refractivity contribution < 1.29 is 9.26 Å². The molecule has 1 aromatic heterocycles. The fourth-order valence-corrected chi connectivity index (χ4v) is 3.76. The number of hydrogen-bond acceptors (Lipinski definition) is 5. The summed E-state index contributed by atoms with van der Waals surface area (Å²) in [7, 11) is 0. The van der Waals surface area contributed by atoms with Crippen LogP contribution >= 0.6 is 0 Å². The second-order valence-electron chi connectivity index (χ2n) is 6.39. The first kappa shape index (κ1) is 11.9. The summed E-state index contributed by atoms with van der Waals surface area (Å²) in [6.45, 7) is 3.20. The van der Waals surface area contributed by atoms with E-state index < -0.39 is 0 Å². The zero-order valence-corrected chi connectivity index (χ0v) is 11.4. The van der Waals surface area contributed by atoms with Crippen LogP contribution in [0.15, 0.2) is 4.52 Å². The number of hydrogen-bond donors (Lipinski definition) is 1. The number of piperidine rings is 1. The van der Waals surface area contributed by atoms with Gasteiger partial charge < -0.3 is 14.6 Å². The van der Waals surface area contributed by atoms with E-state index in [0.717, 1.165) is 37.5 Å². The number of nitrogens with zero attached hydrogens (tertiary/aromatic N) is 2. The van der Waals surface area contributed by atoms with E-state index in [-0.39, 0.29) is 5.54 Å². The molecule has 3 aliphatic heterocycles. The summed E-state index contributed by atoms with van der Waals surface area (Å²) in [5.74, 6) is 1.96. The van der Waals surface area contributed by atoms with Crippen molar-refractivity contribution >= 4 is 0 Å². The molecule has 2 bridgehead atoms. The van der Waals surface area contributed by atoms with Crippen molar-refractivity contribution in [3.05, 3.63) is 11.7 Å². The molecule has 4 unspecified atom stereocenters. The lowest BCUT2D eigenvalue weighted by molar-refractivity contribution is 0.0996. The van der Waals surface area contributed by atoms with Gasteiger partial charge in [-0.25, -0.2) is 0 Å². The lowest BCUT2D eigenvalue weighted by Crippen LogP contribution is -2.43. The highest BCUT2D eigenvalue weighted by Crippen LogP contribution is 2.43. The molecule has 19 heavy (non-hydrogen) atoms. The molecule has 5 nitrogen and oxygen atoms in total. The fourth-order valence-electron chi connectivity index (χ4n) is 3.76. The molecule has 0 spiro atoms. The van der Waals surface area contributed by atoms with Crippen molar-refractivity contribution in [2.45, 2.75) is 69.1 Å². The van der Waals surface area contributed by atoms with Gasteiger partial charge in [-0.2, -0.15) is 4.98 Å². The molecule has 1 N–H and O–H groups in total. The summed E-state index contributed by atoms with van der Waals surface area (Å²) < 4.78 is 11.4. The van der Waals surface area contributed by atoms with Gasteiger partial charge >= 0.3 is 0 Å². The average molecular weight is 263 g/mol. The molecule has 0 amide bonds. The predicted octanol–water partition coefficient (Wildman–Crippen LogP) is 2.09. The number of fused-ring (bicyclic) bond motifs is 2. The fraction of sp³-hybridized carbons (Fsp3) is 0.857. The Balaban J connectivity index is 1.56. The van der Waals surface area contributed by atoms with Crippen molar-refractivity contribution in [1.82, 2.24) is 15.5 Å². The van der Waals surface area contributed by atoms with Crippen LogP contribution in [0.5, 0.6) is 0 Å². The van der Waals surface area contributed by atoms with Gasteiger partial charge in [0.1, 0.15) is 0 Å². The van der Waals surface area contributed by atoms with Crippen LogP contribution in [0.2, 0.25) is 0 Å². The Hall–Kier alpha value is -0.940. The molecule has 0 saturated carbocycles. The summed E-state index contributed by atoms with van der Waals surface area (Å²) in [5, 5.41) is 7.75. The highest BCUT2D eigenvalue weighted by atomic mass is 16.5. The maximum absolute atomic E-state index is 5.88. The van der Waals surface area contributed by atoms with Gasteiger partial charge in [-0.05, 0) is 52.0 Å². The number of aromatic nitrogens is 2. The van der Waals surface area contributed by atoms with Gasteiger partial charge in [0.2, 0.25) is 5.89 Å². The van der Waals surface area contributed by atoms with E-state index in [1.165, 1.54) is 19.3 Å². The largest absolute Gasteiger partial charge is 0.374 e. The maximum atomic E-state index is 5.88. The standard InChI is InChI=1S/C14H21N3O2/c1-14(6-2-3-7-15-14)13-16-12(17-19-13)10-8-9-4-5-11(10)18-9/h9-11,15H,2-8H2,1H3. The summed E-state index contributed by atoms with van der Waals surface area (Å²) in [4.78, 5) is 4.69. The van der Waals surface area contributed by atoms with Crippen molar-refractivity contribution in [2.75, 3.05) is 6.54 Å². The Morgan fingerprint density at radius 3 is 2.95 bits per heavy atom. The molecule has 3 fully saturated rings. The first-order valence-corrected chi connectivity index (χ1v) is 7.49. The third-order valence-corrected chi connectivity index (χ3v) is 4.97. The van der Waals surface area contributed by atoms with Gasteiger partial charge in [0.25, 0.3) is 0 Å². The van der Waals surface area contributed by atoms with E-state index in [4.69, 9.17) is 9.26 Å². The molecule has 0 aliphatic carbocycles. The Bertz CT molecular complexity index is 467. The van der Waals surface area contributed by atoms with Gasteiger partial charge in [0.15, 0.2) is 5.82 Å². The van der Waals surface area contributed by atoms with Crippen LogP contribution in [0.1, 0.15) is 63.1 Å². The molecule has 0 radical (unpaired) electrons. The third-order valence-electron chi connectivity index (χ3n) is 4.97. The minimum absolute atomic E-state index is 0.137. The van der Waals surface area contributed by atoms with Crippen LogP contribution in [0.3, 0.4) is 0 Å². The topological polar surface area (TPSA) is 60.2 Å². The minimum Gasteiger partial charge on any atom is -0.374 e. The molecular weight excluding hydrogens is 242 g/mol. The lowest BCUT2D eigenvalue weighted by atomic mass is 9.88. The zero-order valence-electron chi connectivity index (χ0n) is 11.4. The van der Waals surface area contributed by atoms with Gasteiger partial charge in [-0.3, -0.25) is 0 Å². The van der Waals surface area contributed by atoms with Crippen LogP contribution in [-0.2, 0) is 10.3 Å². The van der Waals surface area contributed by atoms with Crippen LogP contribution in [0.4, 0.5) is 0 Å². The molecule has 4 atom stereocenters. The third kappa shape index (κ3) is 1.91. The Kier molecular flexibility index (Phi) is 2.67. The summed E-state index contributed by atoms with van der Waals surface area (Å²) in [6.07, 6.45) is 7.69. The quantitative estimate of drug-likeness (QED) is 0.885. The number of ether oxygens (including phenoxy) is 1. The normalized spacial score (nSPS) is 41.8. The summed E-state index contributed by atoms with van der Waals surface area (Å²) in [6, 6.07) is 0. The smallest absolute Gasteiger partial charge is 0.246 e. The van der Waals surface area contributed by atoms with Crippen LogP contribution in [0, 0.1) is 0 Å². The van der Waals surface area contributed by atoms with Crippen molar-refractivity contribution in [1.29, 1.82) is 0 Å². The Labute approximate surface area is 113 Å². The van der Waals surface area contributed by atoms with Gasteiger partial charge in [-0.15, -0.1) is 0 Å². The zero-order chi connectivity index (χ0) is 12.9. The van der Waals surface area contributed by atoms with E-state index in [1.54, 1.807) is 0 Å². The van der Waals surface area contributed by atoms with E-state index in [2.05, 4.69) is 22.4 Å². The number of rotatable bonds is 2. The first-order valence-electron chi connectivity index (χ1n) is 7.49. The molecular formula is C14H21N3O2. The molecule has 4 heterocycles. The van der Waals surface area contributed by atoms with Crippen LogP contribution in [0.25, 0.3) is 0 Å². The molecule has 1 aromatic rings. The SMILES string of the molecule is CC1(c2nc(C3CC4CCC3O4)no2)CCCCN1. The van der Waals surface area contributed by atoms with E-state index in [0.29, 0.717) is 18.1 Å². The van der Waals surface area contributed by atoms with Crippen molar-refractivity contribution in [2.24, 2.45) is 0 Å². The van der Waals surface area contributed by atoms with Gasteiger partial charge in [0.05, 0.1) is 23.7 Å². The second-order valence-corrected chi connectivity index (χ2v) is 6.39. The Morgan fingerprint density at radius 1 is 1.32 bits per heavy atom. The highest BCUT2D eigenvalue weighted by molar-refractivity contribution is 5.10. The molecule has 104 valence electrons. The maximum Gasteiger partial charge on any atom is 0.246 e. The monoisotopic (exact) mass is 263 g/mol. The molecule has 3 aliphatic rings. The molecule has 3 saturated heterocycles. The van der Waals surface area contributed by atoms with Crippen LogP contribution < -0.4 is 5.32 Å². The molecule has 0 aromatic carbocycles. The second kappa shape index (κ2) is 4.28. The molecule has 5 heteroatoms. The van der Waals surface area contributed by atoms with Gasteiger partial charge in [0, 0.05) is 0 Å². The predicted molar refractivity (Wildman–Crippen MR) is 68.8 cm³/mol. The lowest BCUT2D eigenvalue weighted by Gasteiger charge is -2.31.